The minimum absolute atomic E-state index is 0.0124. The van der Waals surface area contributed by atoms with Crippen LogP contribution in [-0.4, -0.2) is 43.0 Å². The quantitative estimate of drug-likeness (QED) is 0.739. The number of carbonyl (C=O) groups is 2. The van der Waals surface area contributed by atoms with Gasteiger partial charge in [0, 0.05) is 30.8 Å². The van der Waals surface area contributed by atoms with E-state index in [0.717, 1.165) is 36.2 Å². The van der Waals surface area contributed by atoms with Gasteiger partial charge in [-0.1, -0.05) is 48.5 Å². The van der Waals surface area contributed by atoms with Crippen LogP contribution in [0.1, 0.15) is 26.2 Å². The van der Waals surface area contributed by atoms with Gasteiger partial charge >= 0.3 is 5.97 Å². The number of hydrogen-bond donors (Lipinski definition) is 1. The van der Waals surface area contributed by atoms with Crippen molar-refractivity contribution in [2.24, 2.45) is 5.92 Å². The summed E-state index contributed by atoms with van der Waals surface area (Å²) in [6.07, 6.45) is 2.23. The first-order chi connectivity index (χ1) is 13.7. The van der Waals surface area contributed by atoms with Crippen LogP contribution in [0.4, 0.5) is 5.69 Å². The maximum absolute atomic E-state index is 12.5. The Bertz CT molecular complexity index is 791. The predicted octanol–water partition coefficient (Wildman–Crippen LogP) is 3.96. The zero-order valence-corrected chi connectivity index (χ0v) is 16.4. The minimum atomic E-state index is -0.117. The van der Waals surface area contributed by atoms with Crippen molar-refractivity contribution in [1.29, 1.82) is 0 Å². The van der Waals surface area contributed by atoms with Gasteiger partial charge in [0.2, 0.25) is 5.91 Å². The van der Waals surface area contributed by atoms with E-state index in [-0.39, 0.29) is 17.8 Å². The van der Waals surface area contributed by atoms with E-state index in [4.69, 9.17) is 4.74 Å². The molecule has 0 aromatic heterocycles. The second-order valence-electron chi connectivity index (χ2n) is 7.10. The van der Waals surface area contributed by atoms with Crippen LogP contribution in [0.5, 0.6) is 0 Å². The molecule has 1 atom stereocenters. The summed E-state index contributed by atoms with van der Waals surface area (Å²) >= 11 is 0. The molecule has 1 heterocycles. The number of piperidine rings is 1. The van der Waals surface area contributed by atoms with Crippen molar-refractivity contribution in [2.75, 3.05) is 31.6 Å². The van der Waals surface area contributed by atoms with E-state index in [0.29, 0.717) is 26.1 Å². The van der Waals surface area contributed by atoms with Crippen LogP contribution in [0.2, 0.25) is 0 Å². The van der Waals surface area contributed by atoms with Crippen LogP contribution >= 0.6 is 0 Å². The Morgan fingerprint density at radius 2 is 1.86 bits per heavy atom. The molecule has 148 valence electrons. The zero-order valence-electron chi connectivity index (χ0n) is 16.4. The number of nitrogens with zero attached hydrogens (tertiary/aromatic N) is 1. The fourth-order valence-corrected chi connectivity index (χ4v) is 3.65. The molecular formula is C23H28N2O3. The maximum atomic E-state index is 12.5. The second-order valence-corrected chi connectivity index (χ2v) is 7.10. The van der Waals surface area contributed by atoms with E-state index in [1.165, 1.54) is 0 Å². The summed E-state index contributed by atoms with van der Waals surface area (Å²) in [4.78, 5) is 26.7. The number of benzene rings is 2. The van der Waals surface area contributed by atoms with Gasteiger partial charge in [-0.15, -0.1) is 0 Å². The Morgan fingerprint density at radius 3 is 2.64 bits per heavy atom. The number of anilines is 1. The predicted molar refractivity (Wildman–Crippen MR) is 111 cm³/mol. The Labute approximate surface area is 166 Å². The first kappa shape index (κ1) is 20.1. The topological polar surface area (TPSA) is 58.6 Å². The third-order valence-corrected chi connectivity index (χ3v) is 5.07. The molecular weight excluding hydrogens is 352 g/mol. The normalized spacial score (nSPS) is 17.1. The Hall–Kier alpha value is -2.66. The average molecular weight is 380 g/mol. The highest BCUT2D eigenvalue weighted by molar-refractivity contribution is 5.95. The summed E-state index contributed by atoms with van der Waals surface area (Å²) < 4.78 is 5.14. The first-order valence-corrected chi connectivity index (χ1v) is 10.0. The number of likely N-dealkylation sites (tertiary alicyclic amines) is 1. The van der Waals surface area contributed by atoms with E-state index in [9.17, 15) is 9.59 Å². The molecule has 28 heavy (non-hydrogen) atoms. The van der Waals surface area contributed by atoms with E-state index < -0.39 is 0 Å². The number of esters is 1. The molecule has 2 aromatic carbocycles. The molecule has 0 saturated carbocycles. The van der Waals surface area contributed by atoms with Crippen molar-refractivity contribution in [2.45, 2.75) is 26.2 Å². The molecule has 3 rings (SSSR count). The molecule has 1 aliphatic heterocycles. The van der Waals surface area contributed by atoms with Crippen molar-refractivity contribution in [3.05, 3.63) is 54.6 Å². The molecule has 5 heteroatoms. The Morgan fingerprint density at radius 1 is 1.11 bits per heavy atom. The van der Waals surface area contributed by atoms with Crippen molar-refractivity contribution in [3.8, 4) is 11.1 Å². The van der Waals surface area contributed by atoms with Gasteiger partial charge in [-0.05, 0) is 37.9 Å². The number of nitrogens with one attached hydrogen (secondary N) is 1. The highest BCUT2D eigenvalue weighted by atomic mass is 16.5. The molecule has 2 aromatic rings. The molecule has 5 nitrogen and oxygen atoms in total. The zero-order chi connectivity index (χ0) is 19.8. The van der Waals surface area contributed by atoms with Crippen molar-refractivity contribution < 1.29 is 14.3 Å². The van der Waals surface area contributed by atoms with Gasteiger partial charge in [-0.25, -0.2) is 0 Å². The fourth-order valence-electron chi connectivity index (χ4n) is 3.65. The van der Waals surface area contributed by atoms with Crippen molar-refractivity contribution in [3.63, 3.8) is 0 Å². The van der Waals surface area contributed by atoms with Gasteiger partial charge < -0.3 is 15.0 Å². The smallest absolute Gasteiger partial charge is 0.310 e. The first-order valence-electron chi connectivity index (χ1n) is 10.0. The molecule has 0 unspecified atom stereocenters. The maximum Gasteiger partial charge on any atom is 0.310 e. The largest absolute Gasteiger partial charge is 0.466 e. The molecule has 0 bridgehead atoms. The van der Waals surface area contributed by atoms with Crippen LogP contribution in [0, 0.1) is 5.92 Å². The van der Waals surface area contributed by atoms with E-state index in [1.807, 2.05) is 61.5 Å². The second kappa shape index (κ2) is 10.0. The van der Waals surface area contributed by atoms with Gasteiger partial charge in [0.25, 0.3) is 0 Å². The number of para-hydroxylation sites is 1. The van der Waals surface area contributed by atoms with Gasteiger partial charge in [-0.2, -0.15) is 0 Å². The lowest BCUT2D eigenvalue weighted by molar-refractivity contribution is -0.149. The lowest BCUT2D eigenvalue weighted by Crippen LogP contribution is -2.40. The van der Waals surface area contributed by atoms with Gasteiger partial charge in [-0.3, -0.25) is 9.59 Å². The van der Waals surface area contributed by atoms with Crippen LogP contribution < -0.4 is 5.32 Å². The number of amides is 1. The summed E-state index contributed by atoms with van der Waals surface area (Å²) in [6.45, 7) is 4.49. The average Bonchev–Trinajstić information content (AvgIpc) is 2.74. The van der Waals surface area contributed by atoms with Crippen molar-refractivity contribution in [1.82, 2.24) is 4.90 Å². The van der Waals surface area contributed by atoms with E-state index >= 15 is 0 Å². The van der Waals surface area contributed by atoms with Crippen LogP contribution in [-0.2, 0) is 14.3 Å². The highest BCUT2D eigenvalue weighted by Crippen LogP contribution is 2.27. The van der Waals surface area contributed by atoms with E-state index in [2.05, 4.69) is 10.2 Å². The number of hydrogen-bond acceptors (Lipinski definition) is 4. The molecule has 0 radical (unpaired) electrons. The molecule has 1 saturated heterocycles. The Balaban J connectivity index is 1.55. The molecule has 1 amide bonds. The fraction of sp³-hybridized carbons (Fsp3) is 0.391. The van der Waals surface area contributed by atoms with Crippen LogP contribution in [0.15, 0.2) is 54.6 Å². The van der Waals surface area contributed by atoms with Gasteiger partial charge in [0.1, 0.15) is 0 Å². The lowest BCUT2D eigenvalue weighted by Gasteiger charge is -2.31. The number of carbonyl (C=O) groups excluding carboxylic acids is 2. The lowest BCUT2D eigenvalue weighted by atomic mass is 9.98. The Kier molecular flexibility index (Phi) is 7.20. The number of rotatable bonds is 7. The van der Waals surface area contributed by atoms with Crippen LogP contribution in [0.3, 0.4) is 0 Å². The van der Waals surface area contributed by atoms with E-state index in [1.54, 1.807) is 0 Å². The SMILES string of the molecule is CCOC(=O)[C@@H]1CCCN(CCC(=O)Nc2ccccc2-c2ccccc2)C1. The highest BCUT2D eigenvalue weighted by Gasteiger charge is 2.26. The minimum Gasteiger partial charge on any atom is -0.466 e. The van der Waals surface area contributed by atoms with Crippen LogP contribution in [0.25, 0.3) is 11.1 Å². The summed E-state index contributed by atoms with van der Waals surface area (Å²) in [6, 6.07) is 17.9. The molecule has 1 aliphatic rings. The standard InChI is InChI=1S/C23H28N2O3/c1-2-28-23(27)19-11-8-15-25(17-19)16-14-22(26)24-21-13-7-6-12-20(21)18-9-4-3-5-10-18/h3-7,9-10,12-13,19H,2,8,11,14-17H2,1H3,(H,24,26)/t19-/m1/s1. The molecule has 1 fully saturated rings. The summed E-state index contributed by atoms with van der Waals surface area (Å²) in [5.74, 6) is -0.203. The third-order valence-electron chi connectivity index (χ3n) is 5.07. The third kappa shape index (κ3) is 5.42. The molecule has 0 spiro atoms. The molecule has 0 aliphatic carbocycles. The summed E-state index contributed by atoms with van der Waals surface area (Å²) in [5.41, 5.74) is 2.91. The van der Waals surface area contributed by atoms with Gasteiger partial charge in [0.05, 0.1) is 12.5 Å². The monoisotopic (exact) mass is 380 g/mol. The van der Waals surface area contributed by atoms with Gasteiger partial charge in [0.15, 0.2) is 0 Å². The summed E-state index contributed by atoms with van der Waals surface area (Å²) in [5, 5.41) is 3.05. The van der Waals surface area contributed by atoms with Crippen molar-refractivity contribution >= 4 is 17.6 Å². The summed E-state index contributed by atoms with van der Waals surface area (Å²) in [7, 11) is 0. The molecule has 1 N–H and O–H groups in total. The number of ether oxygens (including phenoxy) is 1.